The molecule has 27 heavy (non-hydrogen) atoms. The fourth-order valence-corrected chi connectivity index (χ4v) is 3.30. The Morgan fingerprint density at radius 2 is 1.70 bits per heavy atom. The second-order valence-electron chi connectivity index (χ2n) is 6.92. The third-order valence-corrected chi connectivity index (χ3v) is 4.91. The molecule has 2 heterocycles. The Hall–Kier alpha value is -2.44. The van der Waals surface area contributed by atoms with Crippen molar-refractivity contribution in [3.8, 4) is 11.3 Å². The van der Waals surface area contributed by atoms with E-state index in [0.29, 0.717) is 12.4 Å². The molecule has 6 heteroatoms. The first-order valence-corrected chi connectivity index (χ1v) is 9.50. The summed E-state index contributed by atoms with van der Waals surface area (Å²) in [6.45, 7) is 8.01. The summed E-state index contributed by atoms with van der Waals surface area (Å²) in [4.78, 5) is 20.0. The van der Waals surface area contributed by atoms with E-state index in [9.17, 15) is 4.79 Å². The number of esters is 1. The third-order valence-electron chi connectivity index (χ3n) is 4.91. The monoisotopic (exact) mass is 368 g/mol. The highest BCUT2D eigenvalue weighted by Gasteiger charge is 2.16. The second-order valence-corrected chi connectivity index (χ2v) is 6.92. The molecule has 1 fully saturated rings. The van der Waals surface area contributed by atoms with E-state index in [1.165, 1.54) is 12.5 Å². The van der Waals surface area contributed by atoms with Crippen molar-refractivity contribution in [1.82, 2.24) is 14.8 Å². The fraction of sp³-hybridized carbons (Fsp3) is 0.429. The van der Waals surface area contributed by atoms with Crippen LogP contribution in [0.5, 0.6) is 0 Å². The van der Waals surface area contributed by atoms with E-state index in [1.807, 2.05) is 12.1 Å². The molecule has 0 bridgehead atoms. The van der Waals surface area contributed by atoms with Crippen LogP contribution in [0.1, 0.15) is 12.5 Å². The molecular weight excluding hydrogens is 340 g/mol. The molecule has 1 aliphatic heterocycles. The van der Waals surface area contributed by atoms with E-state index in [4.69, 9.17) is 10.5 Å². The number of anilines is 1. The molecule has 1 saturated heterocycles. The van der Waals surface area contributed by atoms with Crippen LogP contribution in [0, 0.1) is 0 Å². The predicted octanol–water partition coefficient (Wildman–Crippen LogP) is 2.05. The van der Waals surface area contributed by atoms with Gasteiger partial charge >= 0.3 is 5.97 Å². The van der Waals surface area contributed by atoms with Gasteiger partial charge < -0.3 is 15.4 Å². The van der Waals surface area contributed by atoms with E-state index in [1.54, 1.807) is 6.07 Å². The number of carbonyl (C=O) groups excluding carboxylic acids is 1. The number of ether oxygens (including phenoxy) is 1. The van der Waals surface area contributed by atoms with Crippen molar-refractivity contribution in [3.63, 3.8) is 0 Å². The lowest BCUT2D eigenvalue weighted by Gasteiger charge is -2.34. The SMILES string of the molecule is CC(=O)OCCN1CCN(CCc2ccc(-c3cccc(N)n3)cc2)CC1. The molecule has 0 atom stereocenters. The molecule has 0 amide bonds. The molecule has 1 aliphatic rings. The van der Waals surface area contributed by atoms with Crippen LogP contribution in [0.3, 0.4) is 0 Å². The highest BCUT2D eigenvalue weighted by Crippen LogP contribution is 2.19. The number of hydrogen-bond donors (Lipinski definition) is 1. The summed E-state index contributed by atoms with van der Waals surface area (Å²) in [7, 11) is 0. The van der Waals surface area contributed by atoms with E-state index in [0.717, 1.165) is 56.9 Å². The standard InChI is InChI=1S/C21H28N4O2/c1-17(26)27-16-15-25-13-11-24(12-14-25)10-9-18-5-7-19(8-6-18)20-3-2-4-21(22)23-20/h2-8H,9-16H2,1H3,(H2,22,23). The maximum Gasteiger partial charge on any atom is 0.302 e. The number of benzene rings is 1. The van der Waals surface area contributed by atoms with Crippen LogP contribution < -0.4 is 5.73 Å². The van der Waals surface area contributed by atoms with Crippen molar-refractivity contribution < 1.29 is 9.53 Å². The van der Waals surface area contributed by atoms with Crippen LogP contribution in [-0.2, 0) is 16.0 Å². The topological polar surface area (TPSA) is 71.7 Å². The summed E-state index contributed by atoms with van der Waals surface area (Å²) in [6, 6.07) is 14.3. The van der Waals surface area contributed by atoms with E-state index >= 15 is 0 Å². The first kappa shape index (κ1) is 19.3. The van der Waals surface area contributed by atoms with E-state index in [2.05, 4.69) is 39.0 Å². The molecule has 0 saturated carbocycles. The van der Waals surface area contributed by atoms with Gasteiger partial charge in [0.25, 0.3) is 0 Å². The van der Waals surface area contributed by atoms with Crippen LogP contribution >= 0.6 is 0 Å². The van der Waals surface area contributed by atoms with Gasteiger partial charge in [-0.1, -0.05) is 30.3 Å². The van der Waals surface area contributed by atoms with Gasteiger partial charge in [0.15, 0.2) is 0 Å². The van der Waals surface area contributed by atoms with Crippen molar-refractivity contribution in [2.24, 2.45) is 0 Å². The Bertz CT molecular complexity index is 740. The van der Waals surface area contributed by atoms with Crippen molar-refractivity contribution in [3.05, 3.63) is 48.0 Å². The minimum absolute atomic E-state index is 0.203. The van der Waals surface area contributed by atoms with Crippen LogP contribution in [-0.4, -0.2) is 66.6 Å². The summed E-state index contributed by atoms with van der Waals surface area (Å²) in [5.74, 6) is 0.342. The van der Waals surface area contributed by atoms with Gasteiger partial charge in [0.1, 0.15) is 12.4 Å². The number of rotatable bonds is 7. The first-order chi connectivity index (χ1) is 13.1. The highest BCUT2D eigenvalue weighted by atomic mass is 16.5. The molecule has 0 unspecified atom stereocenters. The number of nitrogens with zero attached hydrogens (tertiary/aromatic N) is 3. The van der Waals surface area contributed by atoms with Crippen LogP contribution in [0.25, 0.3) is 11.3 Å². The average molecular weight is 368 g/mol. The predicted molar refractivity (Wildman–Crippen MR) is 107 cm³/mol. The molecule has 1 aromatic heterocycles. The summed E-state index contributed by atoms with van der Waals surface area (Å²) in [5.41, 5.74) is 9.10. The first-order valence-electron chi connectivity index (χ1n) is 9.50. The van der Waals surface area contributed by atoms with Crippen molar-refractivity contribution >= 4 is 11.8 Å². The minimum atomic E-state index is -0.203. The van der Waals surface area contributed by atoms with E-state index < -0.39 is 0 Å². The molecule has 6 nitrogen and oxygen atoms in total. The number of nitrogen functional groups attached to an aromatic ring is 1. The smallest absolute Gasteiger partial charge is 0.302 e. The van der Waals surface area contributed by atoms with Gasteiger partial charge in [-0.05, 0) is 24.1 Å². The molecule has 144 valence electrons. The zero-order chi connectivity index (χ0) is 19.1. The number of aromatic nitrogens is 1. The Balaban J connectivity index is 1.41. The van der Waals surface area contributed by atoms with Gasteiger partial charge in [0.2, 0.25) is 0 Å². The lowest BCUT2D eigenvalue weighted by Crippen LogP contribution is -2.47. The normalized spacial score (nSPS) is 15.6. The highest BCUT2D eigenvalue weighted by molar-refractivity contribution is 5.65. The van der Waals surface area contributed by atoms with E-state index in [-0.39, 0.29) is 5.97 Å². The maximum absolute atomic E-state index is 10.8. The molecule has 2 aromatic rings. The van der Waals surface area contributed by atoms with Crippen LogP contribution in [0.2, 0.25) is 0 Å². The molecule has 0 aliphatic carbocycles. The van der Waals surface area contributed by atoms with Gasteiger partial charge in [-0.2, -0.15) is 0 Å². The molecule has 0 radical (unpaired) electrons. The summed E-state index contributed by atoms with van der Waals surface area (Å²) < 4.78 is 5.02. The maximum atomic E-state index is 10.8. The minimum Gasteiger partial charge on any atom is -0.465 e. The quantitative estimate of drug-likeness (QED) is 0.754. The zero-order valence-electron chi connectivity index (χ0n) is 15.9. The Labute approximate surface area is 160 Å². The van der Waals surface area contributed by atoms with Gasteiger partial charge in [-0.25, -0.2) is 4.98 Å². The Kier molecular flexibility index (Phi) is 6.79. The van der Waals surface area contributed by atoms with Crippen LogP contribution in [0.15, 0.2) is 42.5 Å². The number of nitrogens with two attached hydrogens (primary N) is 1. The summed E-state index contributed by atoms with van der Waals surface area (Å²) >= 11 is 0. The zero-order valence-corrected chi connectivity index (χ0v) is 15.9. The number of pyridine rings is 1. The van der Waals surface area contributed by atoms with Crippen molar-refractivity contribution in [2.75, 3.05) is 51.6 Å². The molecule has 0 spiro atoms. The van der Waals surface area contributed by atoms with Gasteiger partial charge in [0.05, 0.1) is 5.69 Å². The fourth-order valence-electron chi connectivity index (χ4n) is 3.30. The van der Waals surface area contributed by atoms with Gasteiger partial charge in [-0.15, -0.1) is 0 Å². The molecule has 3 rings (SSSR count). The lowest BCUT2D eigenvalue weighted by molar-refractivity contribution is -0.141. The molecule has 2 N–H and O–H groups in total. The Morgan fingerprint density at radius 1 is 1.04 bits per heavy atom. The third kappa shape index (κ3) is 6.05. The van der Waals surface area contributed by atoms with Gasteiger partial charge in [-0.3, -0.25) is 9.69 Å². The largest absolute Gasteiger partial charge is 0.465 e. The summed E-state index contributed by atoms with van der Waals surface area (Å²) in [5, 5.41) is 0. The van der Waals surface area contributed by atoms with Gasteiger partial charge in [0, 0.05) is 51.8 Å². The van der Waals surface area contributed by atoms with Crippen molar-refractivity contribution in [2.45, 2.75) is 13.3 Å². The molecule has 1 aromatic carbocycles. The number of hydrogen-bond acceptors (Lipinski definition) is 6. The summed E-state index contributed by atoms with van der Waals surface area (Å²) in [6.07, 6.45) is 1.04. The number of carbonyl (C=O) groups is 1. The van der Waals surface area contributed by atoms with Crippen molar-refractivity contribution in [1.29, 1.82) is 0 Å². The Morgan fingerprint density at radius 3 is 2.33 bits per heavy atom. The lowest BCUT2D eigenvalue weighted by atomic mass is 10.1. The average Bonchev–Trinajstić information content (AvgIpc) is 2.67. The number of piperazine rings is 1. The van der Waals surface area contributed by atoms with Crippen LogP contribution in [0.4, 0.5) is 5.82 Å². The second kappa shape index (κ2) is 9.48. The molecular formula is C21H28N4O2.